The molecular weight excluding hydrogens is 359 g/mol. The first-order valence-electron chi connectivity index (χ1n) is 8.39. The number of alkyl halides is 3. The van der Waals surface area contributed by atoms with Gasteiger partial charge in [0.05, 0.1) is 11.1 Å². The summed E-state index contributed by atoms with van der Waals surface area (Å²) in [5.41, 5.74) is -1.21. The molecule has 1 N–H and O–H groups in total. The van der Waals surface area contributed by atoms with Gasteiger partial charge in [0.1, 0.15) is 0 Å². The normalized spacial score (nSPS) is 20.0. The molecule has 2 nitrogen and oxygen atoms in total. The van der Waals surface area contributed by atoms with Crippen LogP contribution in [0.4, 0.5) is 13.2 Å². The second kappa shape index (κ2) is 6.43. The average Bonchev–Trinajstić information content (AvgIpc) is 3.00. The molecule has 1 saturated carbocycles. The first kappa shape index (κ1) is 17.1. The SMILES string of the molecule is O=C(N[C@H]1CC[C@H]1c1cc2ccccc2s1)c1ccccc1C(F)(F)F. The van der Waals surface area contributed by atoms with Gasteiger partial charge in [-0.05, 0) is 42.5 Å². The molecule has 4 rings (SSSR count). The van der Waals surface area contributed by atoms with Gasteiger partial charge in [-0.15, -0.1) is 11.3 Å². The lowest BCUT2D eigenvalue weighted by atomic mass is 9.78. The third-order valence-electron chi connectivity index (χ3n) is 4.88. The van der Waals surface area contributed by atoms with Crippen molar-refractivity contribution in [3.05, 3.63) is 70.6 Å². The Hall–Kier alpha value is -2.34. The molecule has 134 valence electrons. The van der Waals surface area contributed by atoms with E-state index in [1.165, 1.54) is 27.8 Å². The van der Waals surface area contributed by atoms with Gasteiger partial charge in [0.15, 0.2) is 0 Å². The molecule has 3 aromatic rings. The number of fused-ring (bicyclic) bond motifs is 1. The highest BCUT2D eigenvalue weighted by Gasteiger charge is 2.38. The van der Waals surface area contributed by atoms with E-state index < -0.39 is 17.6 Å². The smallest absolute Gasteiger partial charge is 0.349 e. The fourth-order valence-electron chi connectivity index (χ4n) is 3.37. The Kier molecular flexibility index (Phi) is 4.23. The van der Waals surface area contributed by atoms with E-state index in [-0.39, 0.29) is 17.5 Å². The minimum Gasteiger partial charge on any atom is -0.349 e. The topological polar surface area (TPSA) is 29.1 Å². The lowest BCUT2D eigenvalue weighted by Crippen LogP contribution is -2.45. The van der Waals surface area contributed by atoms with Gasteiger partial charge in [0.2, 0.25) is 0 Å². The zero-order valence-electron chi connectivity index (χ0n) is 13.7. The van der Waals surface area contributed by atoms with Crippen LogP contribution in [-0.4, -0.2) is 11.9 Å². The number of halogens is 3. The summed E-state index contributed by atoms with van der Waals surface area (Å²) in [5.74, 6) is -0.497. The Bertz CT molecular complexity index is 930. The summed E-state index contributed by atoms with van der Waals surface area (Å²) in [7, 11) is 0. The van der Waals surface area contributed by atoms with Crippen LogP contribution in [-0.2, 0) is 6.18 Å². The van der Waals surface area contributed by atoms with Gasteiger partial charge in [-0.3, -0.25) is 4.79 Å². The first-order valence-corrected chi connectivity index (χ1v) is 9.21. The summed E-state index contributed by atoms with van der Waals surface area (Å²) in [4.78, 5) is 13.6. The highest BCUT2D eigenvalue weighted by Crippen LogP contribution is 2.42. The van der Waals surface area contributed by atoms with Gasteiger partial charge in [-0.1, -0.05) is 30.3 Å². The Morgan fingerprint density at radius 2 is 1.77 bits per heavy atom. The summed E-state index contributed by atoms with van der Waals surface area (Å²) < 4.78 is 40.6. The van der Waals surface area contributed by atoms with Gasteiger partial charge >= 0.3 is 6.18 Å². The van der Waals surface area contributed by atoms with E-state index >= 15 is 0 Å². The van der Waals surface area contributed by atoms with Crippen molar-refractivity contribution in [3.63, 3.8) is 0 Å². The Morgan fingerprint density at radius 3 is 2.46 bits per heavy atom. The molecule has 1 fully saturated rings. The van der Waals surface area contributed by atoms with Crippen LogP contribution in [0.25, 0.3) is 10.1 Å². The largest absolute Gasteiger partial charge is 0.417 e. The maximum Gasteiger partial charge on any atom is 0.417 e. The van der Waals surface area contributed by atoms with Crippen molar-refractivity contribution in [3.8, 4) is 0 Å². The van der Waals surface area contributed by atoms with E-state index in [1.54, 1.807) is 11.3 Å². The van der Waals surface area contributed by atoms with Crippen LogP contribution in [0.1, 0.15) is 39.6 Å². The first-order chi connectivity index (χ1) is 12.4. The molecule has 0 radical (unpaired) electrons. The van der Waals surface area contributed by atoms with Crippen LogP contribution in [0.2, 0.25) is 0 Å². The molecule has 0 aliphatic heterocycles. The lowest BCUT2D eigenvalue weighted by Gasteiger charge is -2.36. The summed E-state index contributed by atoms with van der Waals surface area (Å²) >= 11 is 1.68. The maximum atomic E-state index is 13.1. The predicted octanol–water partition coefficient (Wildman–Crippen LogP) is 5.60. The molecule has 26 heavy (non-hydrogen) atoms. The standard InChI is InChI=1S/C20H16F3NOS/c21-20(22,23)15-7-3-2-6-13(15)19(25)24-16-10-9-14(16)18-11-12-5-1-4-8-17(12)26-18/h1-8,11,14,16H,9-10H2,(H,24,25)/t14-,16+/m1/s1. The molecule has 1 amide bonds. The molecule has 0 unspecified atom stereocenters. The Labute approximate surface area is 152 Å². The van der Waals surface area contributed by atoms with Crippen molar-refractivity contribution in [1.29, 1.82) is 0 Å². The molecule has 0 saturated heterocycles. The van der Waals surface area contributed by atoms with Crippen LogP contribution in [0.5, 0.6) is 0 Å². The van der Waals surface area contributed by atoms with Crippen LogP contribution in [0.3, 0.4) is 0 Å². The number of carbonyl (C=O) groups is 1. The fourth-order valence-corrected chi connectivity index (χ4v) is 4.64. The van der Waals surface area contributed by atoms with E-state index in [1.807, 2.05) is 18.2 Å². The molecule has 1 aromatic heterocycles. The quantitative estimate of drug-likeness (QED) is 0.635. The Balaban J connectivity index is 1.54. The molecule has 6 heteroatoms. The summed E-state index contributed by atoms with van der Waals surface area (Å²) in [5, 5.41) is 3.96. The van der Waals surface area contributed by atoms with Crippen LogP contribution in [0.15, 0.2) is 54.6 Å². The predicted molar refractivity (Wildman–Crippen MR) is 96.5 cm³/mol. The number of hydrogen-bond acceptors (Lipinski definition) is 2. The minimum atomic E-state index is -4.54. The van der Waals surface area contributed by atoms with E-state index in [9.17, 15) is 18.0 Å². The Morgan fingerprint density at radius 1 is 1.04 bits per heavy atom. The van der Waals surface area contributed by atoms with Crippen molar-refractivity contribution in [1.82, 2.24) is 5.32 Å². The molecule has 0 spiro atoms. The minimum absolute atomic E-state index is 0.128. The van der Waals surface area contributed by atoms with Crippen molar-refractivity contribution in [2.24, 2.45) is 0 Å². The summed E-state index contributed by atoms with van der Waals surface area (Å²) in [6, 6.07) is 15.0. The zero-order chi connectivity index (χ0) is 18.3. The highest BCUT2D eigenvalue weighted by atomic mass is 32.1. The molecule has 1 aliphatic carbocycles. The number of amides is 1. The van der Waals surface area contributed by atoms with Crippen LogP contribution >= 0.6 is 11.3 Å². The highest BCUT2D eigenvalue weighted by molar-refractivity contribution is 7.19. The van der Waals surface area contributed by atoms with Gasteiger partial charge in [-0.25, -0.2) is 0 Å². The van der Waals surface area contributed by atoms with Gasteiger partial charge in [-0.2, -0.15) is 13.2 Å². The van der Waals surface area contributed by atoms with E-state index in [2.05, 4.69) is 17.4 Å². The van der Waals surface area contributed by atoms with E-state index in [0.29, 0.717) is 0 Å². The van der Waals surface area contributed by atoms with Crippen LogP contribution < -0.4 is 5.32 Å². The van der Waals surface area contributed by atoms with E-state index in [4.69, 9.17) is 0 Å². The van der Waals surface area contributed by atoms with Crippen molar-refractivity contribution < 1.29 is 18.0 Å². The number of carbonyl (C=O) groups excluding carboxylic acids is 1. The van der Waals surface area contributed by atoms with Crippen LogP contribution in [0, 0.1) is 0 Å². The van der Waals surface area contributed by atoms with Gasteiger partial charge < -0.3 is 5.32 Å². The van der Waals surface area contributed by atoms with Crippen molar-refractivity contribution >= 4 is 27.3 Å². The summed E-state index contributed by atoms with van der Waals surface area (Å²) in [6.45, 7) is 0. The fraction of sp³-hybridized carbons (Fsp3) is 0.250. The number of thiophene rings is 1. The third kappa shape index (κ3) is 3.09. The molecule has 1 aliphatic rings. The number of benzene rings is 2. The molecular formula is C20H16F3NOS. The van der Waals surface area contributed by atoms with Crippen molar-refractivity contribution in [2.45, 2.75) is 31.0 Å². The number of nitrogens with one attached hydrogen (secondary N) is 1. The lowest BCUT2D eigenvalue weighted by molar-refractivity contribution is -0.137. The molecule has 2 aromatic carbocycles. The van der Waals surface area contributed by atoms with Gasteiger partial charge in [0, 0.05) is 21.5 Å². The third-order valence-corrected chi connectivity index (χ3v) is 6.13. The van der Waals surface area contributed by atoms with Gasteiger partial charge in [0.25, 0.3) is 5.91 Å². The molecule has 1 heterocycles. The second-order valence-electron chi connectivity index (χ2n) is 6.49. The zero-order valence-corrected chi connectivity index (χ0v) is 14.5. The number of rotatable bonds is 3. The summed E-state index contributed by atoms with van der Waals surface area (Å²) in [6.07, 6.45) is -2.84. The average molecular weight is 375 g/mol. The van der Waals surface area contributed by atoms with Crippen molar-refractivity contribution in [2.75, 3.05) is 0 Å². The van der Waals surface area contributed by atoms with E-state index in [0.717, 1.165) is 24.3 Å². The number of hydrogen-bond donors (Lipinski definition) is 1. The second-order valence-corrected chi connectivity index (χ2v) is 7.61. The monoisotopic (exact) mass is 375 g/mol. The maximum absolute atomic E-state index is 13.1. The molecule has 0 bridgehead atoms. The molecule has 2 atom stereocenters.